The van der Waals surface area contributed by atoms with Gasteiger partial charge in [0.05, 0.1) is 62.0 Å². The van der Waals surface area contributed by atoms with E-state index in [1.54, 1.807) is 27.0 Å². The van der Waals surface area contributed by atoms with Crippen LogP contribution in [0.25, 0.3) is 22.2 Å². The molecule has 2 unspecified atom stereocenters. The van der Waals surface area contributed by atoms with E-state index in [0.29, 0.717) is 45.3 Å². The number of nitrogens with one attached hydrogen (secondary N) is 1. The molecule has 250 valence electrons. The molecule has 4 fully saturated rings. The van der Waals surface area contributed by atoms with Crippen molar-refractivity contribution in [2.75, 3.05) is 33.5 Å². The summed E-state index contributed by atoms with van der Waals surface area (Å²) in [6, 6.07) is 11.6. The smallest absolute Gasteiger partial charge is 0.264 e. The third-order valence-corrected chi connectivity index (χ3v) is 13.0. The van der Waals surface area contributed by atoms with E-state index in [0.717, 1.165) is 59.2 Å². The van der Waals surface area contributed by atoms with Gasteiger partial charge in [-0.3, -0.25) is 9.59 Å². The molecule has 3 aliphatic heterocycles. The Morgan fingerprint density at radius 2 is 1.68 bits per heavy atom. The van der Waals surface area contributed by atoms with Gasteiger partial charge in [0.2, 0.25) is 15.9 Å². The number of hydrogen-bond acceptors (Lipinski definition) is 7. The molecule has 3 aromatic rings. The maximum absolute atomic E-state index is 14.9. The summed E-state index contributed by atoms with van der Waals surface area (Å²) >= 11 is 0. The highest BCUT2D eigenvalue weighted by Crippen LogP contribution is 2.66. The zero-order valence-electron chi connectivity index (χ0n) is 27.3. The summed E-state index contributed by atoms with van der Waals surface area (Å²) < 4.78 is 47.3. The number of fused-ring (bicyclic) bond motifs is 9. The molecule has 2 atom stereocenters. The number of amides is 2. The number of aromatic nitrogens is 1. The van der Waals surface area contributed by atoms with Crippen LogP contribution in [-0.2, 0) is 30.8 Å². The Bertz CT molecular complexity index is 1860. The number of benzene rings is 2. The topological polar surface area (TPSA) is 116 Å². The predicted octanol–water partition coefficient (Wildman–Crippen LogP) is 4.95. The van der Waals surface area contributed by atoms with E-state index in [9.17, 15) is 18.0 Å². The van der Waals surface area contributed by atoms with Crippen molar-refractivity contribution in [2.24, 2.45) is 5.41 Å². The van der Waals surface area contributed by atoms with Crippen LogP contribution in [-0.4, -0.2) is 80.6 Å². The number of methoxy groups -OCH3 is 1. The average molecular weight is 662 g/mol. The Kier molecular flexibility index (Phi) is 7.46. The zero-order valence-corrected chi connectivity index (χ0v) is 28.1. The molecule has 5 aliphatic rings. The van der Waals surface area contributed by atoms with Gasteiger partial charge in [-0.15, -0.1) is 0 Å². The molecule has 2 amide bonds. The molecule has 2 aliphatic carbocycles. The standard InChI is InChI=1S/C36H43N3O7S/c1-21(2)47(42,43)37-34(40)23-9-11-28-31(13-23)38-20-36(35(41)39-24-16-45-18-25(39)19-46-17-24)15-30(36)29-14-26(44-3)10-12-27(29)33(38)32(28)22-7-5-4-6-8-22/h9-14,21-22,24-25,30H,4-8,15-20H2,1-3H3,(H,37,40). The second-order valence-electron chi connectivity index (χ2n) is 14.4. The van der Waals surface area contributed by atoms with Gasteiger partial charge < -0.3 is 23.7 Å². The number of morpholine rings is 2. The first-order chi connectivity index (χ1) is 22.6. The van der Waals surface area contributed by atoms with Crippen molar-refractivity contribution in [3.63, 3.8) is 0 Å². The molecular formula is C36H43N3O7S. The number of carbonyl (C=O) groups is 2. The fourth-order valence-electron chi connectivity index (χ4n) is 8.71. The average Bonchev–Trinajstić information content (AvgIpc) is 3.73. The number of sulfonamides is 1. The van der Waals surface area contributed by atoms with Crippen LogP contribution in [0.4, 0.5) is 0 Å². The maximum Gasteiger partial charge on any atom is 0.264 e. The SMILES string of the molecule is COc1ccc2c(c1)C1CC1(C(=O)N1C3COCC1COC3)Cn1c-2c(C2CCCCC2)c2ccc(C(=O)NS(=O)(=O)C(C)C)cc21. The first kappa shape index (κ1) is 30.9. The van der Waals surface area contributed by atoms with Crippen LogP contribution in [0, 0.1) is 5.41 Å². The molecule has 2 saturated carbocycles. The molecule has 47 heavy (non-hydrogen) atoms. The molecule has 2 aromatic carbocycles. The summed E-state index contributed by atoms with van der Waals surface area (Å²) in [5, 5.41) is 0.323. The van der Waals surface area contributed by atoms with Gasteiger partial charge in [0.15, 0.2) is 0 Å². The number of nitrogens with zero attached hydrogens (tertiary/aromatic N) is 2. The summed E-state index contributed by atoms with van der Waals surface area (Å²) in [5.74, 6) is 0.619. The van der Waals surface area contributed by atoms with E-state index < -0.39 is 26.6 Å². The van der Waals surface area contributed by atoms with Gasteiger partial charge in [-0.2, -0.15) is 0 Å². The van der Waals surface area contributed by atoms with Crippen molar-refractivity contribution >= 4 is 32.7 Å². The van der Waals surface area contributed by atoms with Crippen molar-refractivity contribution in [1.82, 2.24) is 14.2 Å². The Morgan fingerprint density at radius 3 is 2.34 bits per heavy atom. The van der Waals surface area contributed by atoms with Gasteiger partial charge in [-0.25, -0.2) is 13.1 Å². The Morgan fingerprint density at radius 1 is 0.979 bits per heavy atom. The lowest BCUT2D eigenvalue weighted by atomic mass is 9.81. The molecule has 8 rings (SSSR count). The molecule has 2 saturated heterocycles. The van der Waals surface area contributed by atoms with Crippen LogP contribution in [0.2, 0.25) is 0 Å². The van der Waals surface area contributed by atoms with Crippen LogP contribution in [0.15, 0.2) is 36.4 Å². The molecule has 10 nitrogen and oxygen atoms in total. The molecule has 1 N–H and O–H groups in total. The highest BCUT2D eigenvalue weighted by atomic mass is 32.2. The summed E-state index contributed by atoms with van der Waals surface area (Å²) in [7, 11) is -2.14. The molecular weight excluding hydrogens is 618 g/mol. The minimum absolute atomic E-state index is 0.0152. The third-order valence-electron chi connectivity index (χ3n) is 11.3. The normalized spacial score (nSPS) is 27.1. The Hall–Kier alpha value is -3.41. The quantitative estimate of drug-likeness (QED) is 0.398. The van der Waals surface area contributed by atoms with Crippen LogP contribution >= 0.6 is 0 Å². The van der Waals surface area contributed by atoms with Gasteiger partial charge >= 0.3 is 0 Å². The van der Waals surface area contributed by atoms with E-state index in [-0.39, 0.29) is 29.5 Å². The van der Waals surface area contributed by atoms with E-state index >= 15 is 0 Å². The van der Waals surface area contributed by atoms with Crippen molar-refractivity contribution in [1.29, 1.82) is 0 Å². The minimum atomic E-state index is -3.81. The van der Waals surface area contributed by atoms with Crippen LogP contribution in [0.1, 0.15) is 85.7 Å². The highest BCUT2D eigenvalue weighted by molar-refractivity contribution is 7.90. The van der Waals surface area contributed by atoms with E-state index in [1.165, 1.54) is 12.0 Å². The lowest BCUT2D eigenvalue weighted by molar-refractivity contribution is -0.173. The summed E-state index contributed by atoms with van der Waals surface area (Å²) in [5.41, 5.74) is 5.10. The van der Waals surface area contributed by atoms with Crippen molar-refractivity contribution in [3.8, 4) is 17.0 Å². The zero-order chi connectivity index (χ0) is 32.7. The van der Waals surface area contributed by atoms with Gasteiger partial charge in [-0.1, -0.05) is 25.3 Å². The summed E-state index contributed by atoms with van der Waals surface area (Å²) in [6.07, 6.45) is 6.42. The molecule has 0 spiro atoms. The first-order valence-electron chi connectivity index (χ1n) is 17.0. The second kappa shape index (κ2) is 11.3. The molecule has 1 aromatic heterocycles. The maximum atomic E-state index is 14.9. The highest BCUT2D eigenvalue weighted by Gasteiger charge is 2.65. The summed E-state index contributed by atoms with van der Waals surface area (Å²) in [4.78, 5) is 30.4. The Balaban J connectivity index is 1.33. The van der Waals surface area contributed by atoms with Gasteiger partial charge in [-0.05, 0) is 80.5 Å². The number of hydrogen-bond donors (Lipinski definition) is 1. The fourth-order valence-corrected chi connectivity index (χ4v) is 9.32. The largest absolute Gasteiger partial charge is 0.497 e. The van der Waals surface area contributed by atoms with Crippen molar-refractivity contribution < 1.29 is 32.2 Å². The second-order valence-corrected chi connectivity index (χ2v) is 16.6. The Labute approximate surface area is 275 Å². The molecule has 4 heterocycles. The third kappa shape index (κ3) is 4.91. The van der Waals surface area contributed by atoms with E-state index in [4.69, 9.17) is 14.2 Å². The van der Waals surface area contributed by atoms with Crippen molar-refractivity contribution in [2.45, 2.75) is 88.1 Å². The van der Waals surface area contributed by atoms with Gasteiger partial charge in [0.1, 0.15) is 5.75 Å². The fraction of sp³-hybridized carbons (Fsp3) is 0.556. The lowest BCUT2D eigenvalue weighted by Crippen LogP contribution is -2.63. The van der Waals surface area contributed by atoms with Crippen LogP contribution in [0.3, 0.4) is 0 Å². The lowest BCUT2D eigenvalue weighted by Gasteiger charge is -2.47. The van der Waals surface area contributed by atoms with Crippen LogP contribution < -0.4 is 9.46 Å². The van der Waals surface area contributed by atoms with E-state index in [2.05, 4.69) is 26.3 Å². The molecule has 0 radical (unpaired) electrons. The predicted molar refractivity (Wildman–Crippen MR) is 177 cm³/mol. The van der Waals surface area contributed by atoms with E-state index in [1.807, 2.05) is 18.2 Å². The van der Waals surface area contributed by atoms with Crippen molar-refractivity contribution in [3.05, 3.63) is 53.1 Å². The number of ether oxygens (including phenoxy) is 3. The van der Waals surface area contributed by atoms with Gasteiger partial charge in [0, 0.05) is 34.5 Å². The minimum Gasteiger partial charge on any atom is -0.497 e. The summed E-state index contributed by atoms with van der Waals surface area (Å²) in [6.45, 7) is 5.43. The monoisotopic (exact) mass is 661 g/mol. The number of rotatable bonds is 6. The van der Waals surface area contributed by atoms with Crippen LogP contribution in [0.5, 0.6) is 5.75 Å². The molecule has 2 bridgehead atoms. The molecule has 11 heteroatoms. The first-order valence-corrected chi connectivity index (χ1v) is 18.6. The number of carbonyl (C=O) groups excluding carboxylic acids is 2. The van der Waals surface area contributed by atoms with Gasteiger partial charge in [0.25, 0.3) is 5.91 Å².